The van der Waals surface area contributed by atoms with Gasteiger partial charge in [0.2, 0.25) is 0 Å². The van der Waals surface area contributed by atoms with Gasteiger partial charge in [0.1, 0.15) is 11.5 Å². The molecule has 0 saturated carbocycles. The molecule has 2 aliphatic rings. The zero-order valence-corrected chi connectivity index (χ0v) is 20.7. The summed E-state index contributed by atoms with van der Waals surface area (Å²) in [5.74, 6) is 1.93. The maximum Gasteiger partial charge on any atom is 0.321 e. The quantitative estimate of drug-likeness (QED) is 0.611. The normalized spacial score (nSPS) is 17.2. The van der Waals surface area contributed by atoms with Crippen LogP contribution in [-0.4, -0.2) is 66.2 Å². The van der Waals surface area contributed by atoms with Crippen molar-refractivity contribution in [2.75, 3.05) is 44.9 Å². The Morgan fingerprint density at radius 2 is 1.79 bits per heavy atom. The number of nitrogens with zero attached hydrogens (tertiary/aromatic N) is 2. The fraction of sp³-hybridized carbons (Fsp3) is 0.391. The van der Waals surface area contributed by atoms with E-state index in [1.54, 1.807) is 67.3 Å². The molecular weight excluding hydrogens is 485 g/mol. The molecule has 7 nitrogen and oxygen atoms in total. The van der Waals surface area contributed by atoms with E-state index in [1.807, 2.05) is 4.90 Å². The van der Waals surface area contributed by atoms with Gasteiger partial charge in [0.15, 0.2) is 0 Å². The molecule has 10 heteroatoms. The molecule has 3 amide bonds. The highest BCUT2D eigenvalue weighted by molar-refractivity contribution is 8.00. The lowest BCUT2D eigenvalue weighted by molar-refractivity contribution is 0.0586. The number of carbonyl (C=O) groups excluding carboxylic acids is 2. The highest BCUT2D eigenvalue weighted by Gasteiger charge is 2.47. The summed E-state index contributed by atoms with van der Waals surface area (Å²) in [4.78, 5) is 29.6. The number of anilines is 1. The molecule has 0 unspecified atom stereocenters. The Balaban J connectivity index is 1.43. The second-order valence-electron chi connectivity index (χ2n) is 7.86. The van der Waals surface area contributed by atoms with Crippen LogP contribution in [0.5, 0.6) is 11.5 Å². The molecular formula is C23H25Cl2N3O4S. The first-order valence-corrected chi connectivity index (χ1v) is 12.3. The van der Waals surface area contributed by atoms with Gasteiger partial charge < -0.3 is 24.6 Å². The third kappa shape index (κ3) is 4.83. The number of halogens is 2. The Bertz CT molecular complexity index is 1060. The Hall–Kier alpha value is -2.29. The van der Waals surface area contributed by atoms with Gasteiger partial charge in [0.25, 0.3) is 5.91 Å². The summed E-state index contributed by atoms with van der Waals surface area (Å²) in [6.07, 6.45) is 1.36. The van der Waals surface area contributed by atoms with Crippen molar-refractivity contribution in [3.05, 3.63) is 52.0 Å². The Kier molecular flexibility index (Phi) is 7.16. The summed E-state index contributed by atoms with van der Waals surface area (Å²) in [5.41, 5.74) is 1.03. The topological polar surface area (TPSA) is 71.1 Å². The average molecular weight is 510 g/mol. The first kappa shape index (κ1) is 23.9. The van der Waals surface area contributed by atoms with Gasteiger partial charge >= 0.3 is 6.03 Å². The Morgan fingerprint density at radius 1 is 1.03 bits per heavy atom. The summed E-state index contributed by atoms with van der Waals surface area (Å²) in [5, 5.41) is 3.77. The molecule has 2 heterocycles. The van der Waals surface area contributed by atoms with Crippen LogP contribution in [0.25, 0.3) is 0 Å². The molecule has 0 atom stereocenters. The lowest BCUT2D eigenvalue weighted by Crippen LogP contribution is -2.54. The van der Waals surface area contributed by atoms with E-state index in [0.717, 1.165) is 5.75 Å². The van der Waals surface area contributed by atoms with Crippen LogP contribution in [-0.2, 0) is 0 Å². The van der Waals surface area contributed by atoms with Crippen molar-refractivity contribution < 1.29 is 19.1 Å². The van der Waals surface area contributed by atoms with Gasteiger partial charge in [0.05, 0.1) is 35.4 Å². The molecule has 4 rings (SSSR count). The van der Waals surface area contributed by atoms with Crippen LogP contribution in [0.2, 0.25) is 10.0 Å². The molecule has 1 spiro atoms. The van der Waals surface area contributed by atoms with Crippen LogP contribution in [0.4, 0.5) is 10.5 Å². The maximum atomic E-state index is 13.3. The predicted octanol–water partition coefficient (Wildman–Crippen LogP) is 5.22. The zero-order valence-electron chi connectivity index (χ0n) is 18.4. The number of thioether (sulfide) groups is 1. The summed E-state index contributed by atoms with van der Waals surface area (Å²) in [6.45, 7) is 1.72. The number of piperidine rings is 1. The summed E-state index contributed by atoms with van der Waals surface area (Å²) in [7, 11) is 3.12. The van der Waals surface area contributed by atoms with Gasteiger partial charge in [-0.3, -0.25) is 4.79 Å². The molecule has 176 valence electrons. The maximum absolute atomic E-state index is 13.3. The Morgan fingerprint density at radius 3 is 2.45 bits per heavy atom. The van der Waals surface area contributed by atoms with Gasteiger partial charge in [-0.2, -0.15) is 0 Å². The molecule has 33 heavy (non-hydrogen) atoms. The summed E-state index contributed by atoms with van der Waals surface area (Å²) >= 11 is 14.1. The molecule has 2 aromatic carbocycles. The molecule has 0 radical (unpaired) electrons. The number of methoxy groups -OCH3 is 2. The smallest absolute Gasteiger partial charge is 0.321 e. The second-order valence-corrected chi connectivity index (χ2v) is 10.2. The van der Waals surface area contributed by atoms with Crippen molar-refractivity contribution in [2.45, 2.75) is 17.7 Å². The van der Waals surface area contributed by atoms with E-state index in [9.17, 15) is 9.59 Å². The molecule has 2 saturated heterocycles. The van der Waals surface area contributed by atoms with Gasteiger partial charge in [-0.25, -0.2) is 4.79 Å². The molecule has 0 aromatic heterocycles. The van der Waals surface area contributed by atoms with Gasteiger partial charge in [0, 0.05) is 36.5 Å². The minimum absolute atomic E-state index is 0.0949. The first-order valence-electron chi connectivity index (χ1n) is 10.6. The Labute approximate surface area is 207 Å². The second kappa shape index (κ2) is 9.91. The number of carbonyl (C=O) groups is 2. The molecule has 2 fully saturated rings. The number of rotatable bonds is 4. The number of urea groups is 1. The van der Waals surface area contributed by atoms with Crippen molar-refractivity contribution in [3.63, 3.8) is 0 Å². The van der Waals surface area contributed by atoms with E-state index in [0.29, 0.717) is 65.3 Å². The van der Waals surface area contributed by atoms with Crippen molar-refractivity contribution >= 4 is 52.6 Å². The standard InChI is InChI=1S/C23H25Cl2N3O4S/c1-31-16-4-6-19(20(14-16)32-2)26-22(30)27-9-7-23(8-10-27)28(11-12-33-23)21(29)17-5-3-15(24)13-18(17)25/h3-6,13-14H,7-12H2,1-2H3,(H,26,30). The third-order valence-corrected chi connectivity index (χ3v) is 8.17. The van der Waals surface area contributed by atoms with Crippen molar-refractivity contribution in [2.24, 2.45) is 0 Å². The number of nitrogens with one attached hydrogen (secondary N) is 1. The van der Waals surface area contributed by atoms with Crippen LogP contribution in [0, 0.1) is 0 Å². The van der Waals surface area contributed by atoms with Crippen molar-refractivity contribution in [1.29, 1.82) is 0 Å². The minimum Gasteiger partial charge on any atom is -0.497 e. The van der Waals surface area contributed by atoms with Gasteiger partial charge in [-0.1, -0.05) is 23.2 Å². The molecule has 2 aliphatic heterocycles. The van der Waals surface area contributed by atoms with Crippen molar-refractivity contribution in [3.8, 4) is 11.5 Å². The molecule has 0 aliphatic carbocycles. The third-order valence-electron chi connectivity index (χ3n) is 6.07. The largest absolute Gasteiger partial charge is 0.497 e. The highest BCUT2D eigenvalue weighted by Crippen LogP contribution is 2.45. The fourth-order valence-corrected chi connectivity index (χ4v) is 6.22. The van der Waals surface area contributed by atoms with Crippen molar-refractivity contribution in [1.82, 2.24) is 9.80 Å². The lowest BCUT2D eigenvalue weighted by Gasteiger charge is -2.44. The molecule has 0 bridgehead atoms. The first-order chi connectivity index (χ1) is 15.9. The lowest BCUT2D eigenvalue weighted by atomic mass is 10.0. The van der Waals surface area contributed by atoms with Crippen LogP contribution in [0.3, 0.4) is 0 Å². The van der Waals surface area contributed by atoms with E-state index < -0.39 is 0 Å². The van der Waals surface area contributed by atoms with E-state index in [1.165, 1.54) is 0 Å². The molecule has 2 aromatic rings. The van der Waals surface area contributed by atoms with Crippen LogP contribution >= 0.6 is 35.0 Å². The summed E-state index contributed by atoms with van der Waals surface area (Å²) < 4.78 is 10.6. The number of hydrogen-bond donors (Lipinski definition) is 1. The average Bonchev–Trinajstić information content (AvgIpc) is 3.22. The number of benzene rings is 2. The summed E-state index contributed by atoms with van der Waals surface area (Å²) in [6, 6.07) is 9.99. The van der Waals surface area contributed by atoms with Gasteiger partial charge in [-0.05, 0) is 43.2 Å². The van der Waals surface area contributed by atoms with Crippen LogP contribution in [0.1, 0.15) is 23.2 Å². The highest BCUT2D eigenvalue weighted by atomic mass is 35.5. The van der Waals surface area contributed by atoms with E-state index >= 15 is 0 Å². The fourth-order valence-electron chi connectivity index (χ4n) is 4.27. The van der Waals surface area contributed by atoms with Gasteiger partial charge in [-0.15, -0.1) is 11.8 Å². The predicted molar refractivity (Wildman–Crippen MR) is 132 cm³/mol. The van der Waals surface area contributed by atoms with E-state index in [4.69, 9.17) is 32.7 Å². The van der Waals surface area contributed by atoms with Crippen LogP contribution in [0.15, 0.2) is 36.4 Å². The number of ether oxygens (including phenoxy) is 2. The monoisotopic (exact) mass is 509 g/mol. The van der Waals surface area contributed by atoms with Crippen LogP contribution < -0.4 is 14.8 Å². The minimum atomic E-state index is -0.339. The van der Waals surface area contributed by atoms with E-state index in [-0.39, 0.29) is 16.8 Å². The number of likely N-dealkylation sites (tertiary alicyclic amines) is 1. The number of hydrogen-bond acceptors (Lipinski definition) is 5. The SMILES string of the molecule is COc1ccc(NC(=O)N2CCC3(CC2)SCCN3C(=O)c2ccc(Cl)cc2Cl)c(OC)c1. The zero-order chi connectivity index (χ0) is 23.6. The van der Waals surface area contributed by atoms with E-state index in [2.05, 4.69) is 5.32 Å². The molecule has 1 N–H and O–H groups in total. The number of amides is 3.